The third-order valence-electron chi connectivity index (χ3n) is 7.60. The number of benzene rings is 1. The number of urea groups is 1. The molecule has 2 amide bonds. The van der Waals surface area contributed by atoms with Crippen LogP contribution in [0.15, 0.2) is 36.4 Å². The van der Waals surface area contributed by atoms with Crippen LogP contribution in [-0.2, 0) is 19.0 Å². The van der Waals surface area contributed by atoms with Crippen molar-refractivity contribution in [2.75, 3.05) is 37.7 Å². The van der Waals surface area contributed by atoms with Gasteiger partial charge in [0.1, 0.15) is 5.69 Å². The van der Waals surface area contributed by atoms with Crippen molar-refractivity contribution < 1.29 is 42.1 Å². The molecule has 2 aromatic rings. The highest BCUT2D eigenvalue weighted by atomic mass is 19.3. The van der Waals surface area contributed by atoms with Crippen molar-refractivity contribution in [1.29, 1.82) is 0 Å². The van der Waals surface area contributed by atoms with E-state index >= 15 is 0 Å². The first-order valence-corrected chi connectivity index (χ1v) is 13.7. The summed E-state index contributed by atoms with van der Waals surface area (Å²) < 4.78 is 52.7. The lowest BCUT2D eigenvalue weighted by Crippen LogP contribution is -2.49. The first kappa shape index (κ1) is 30.4. The number of halogens is 2. The molecule has 2 fully saturated rings. The minimum atomic E-state index is -3.14. The Morgan fingerprint density at radius 1 is 1.07 bits per heavy atom. The summed E-state index contributed by atoms with van der Waals surface area (Å²) in [7, 11) is 2.69. The van der Waals surface area contributed by atoms with Gasteiger partial charge in [0.25, 0.3) is 0 Å². The Morgan fingerprint density at radius 2 is 1.76 bits per heavy atom. The fourth-order valence-electron chi connectivity index (χ4n) is 5.65. The number of nitrogens with one attached hydrogen (secondary N) is 1. The lowest BCUT2D eigenvalue weighted by molar-refractivity contribution is -0.212. The van der Waals surface area contributed by atoms with Gasteiger partial charge in [-0.2, -0.15) is 13.8 Å². The summed E-state index contributed by atoms with van der Waals surface area (Å²) in [5, 5.41) is 2.74. The van der Waals surface area contributed by atoms with E-state index in [0.717, 1.165) is 11.3 Å². The van der Waals surface area contributed by atoms with Crippen molar-refractivity contribution in [3.8, 4) is 11.8 Å². The van der Waals surface area contributed by atoms with Gasteiger partial charge in [-0.1, -0.05) is 32.0 Å². The largest absolute Gasteiger partial charge is 0.481 e. The van der Waals surface area contributed by atoms with Gasteiger partial charge >= 0.3 is 18.6 Å². The van der Waals surface area contributed by atoms with E-state index in [1.54, 1.807) is 4.90 Å². The summed E-state index contributed by atoms with van der Waals surface area (Å²) >= 11 is 0. The van der Waals surface area contributed by atoms with E-state index in [1.165, 1.54) is 26.4 Å². The molecular weight excluding hydrogens is 540 g/mol. The Morgan fingerprint density at radius 3 is 2.37 bits per heavy atom. The zero-order chi connectivity index (χ0) is 29.6. The molecule has 0 atom stereocenters. The van der Waals surface area contributed by atoms with Crippen molar-refractivity contribution in [3.63, 3.8) is 0 Å². The zero-order valence-electron chi connectivity index (χ0n) is 23.7. The highest BCUT2D eigenvalue weighted by Gasteiger charge is 2.48. The molecule has 224 valence electrons. The van der Waals surface area contributed by atoms with Crippen LogP contribution >= 0.6 is 0 Å². The van der Waals surface area contributed by atoms with Crippen molar-refractivity contribution in [2.45, 2.75) is 70.3 Å². The first-order valence-electron chi connectivity index (χ1n) is 13.7. The van der Waals surface area contributed by atoms with Crippen molar-refractivity contribution in [1.82, 2.24) is 4.98 Å². The molecule has 0 radical (unpaired) electrons. The van der Waals surface area contributed by atoms with E-state index < -0.39 is 30.3 Å². The van der Waals surface area contributed by atoms with Crippen molar-refractivity contribution in [2.24, 2.45) is 5.92 Å². The first-order chi connectivity index (χ1) is 19.7. The number of pyridine rings is 1. The molecule has 0 spiro atoms. The molecule has 1 aliphatic carbocycles. The lowest BCUT2D eigenvalue weighted by Gasteiger charge is -2.42. The molecule has 0 unspecified atom stereocenters. The summed E-state index contributed by atoms with van der Waals surface area (Å²) in [5.74, 6) is -1.79. The summed E-state index contributed by atoms with van der Waals surface area (Å²) in [6.45, 7) is 1.73. The molecule has 2 aliphatic rings. The van der Waals surface area contributed by atoms with Crippen LogP contribution in [0.3, 0.4) is 0 Å². The second kappa shape index (κ2) is 13.4. The fourth-order valence-corrected chi connectivity index (χ4v) is 5.65. The molecule has 12 heteroatoms. The van der Waals surface area contributed by atoms with Crippen molar-refractivity contribution >= 4 is 23.4 Å². The number of para-hydroxylation sites is 1. The van der Waals surface area contributed by atoms with Gasteiger partial charge in [0, 0.05) is 23.7 Å². The van der Waals surface area contributed by atoms with Gasteiger partial charge in [0.2, 0.25) is 11.8 Å². The Balaban J connectivity index is 1.62. The number of amides is 2. The Bertz CT molecular complexity index is 1200. The Hall–Kier alpha value is -3.51. The smallest absolute Gasteiger partial charge is 0.388 e. The summed E-state index contributed by atoms with van der Waals surface area (Å²) in [5.41, 5.74) is 1.67. The lowest BCUT2D eigenvalue weighted by atomic mass is 9.79. The maximum Gasteiger partial charge on any atom is 0.388 e. The van der Waals surface area contributed by atoms with Crippen LogP contribution in [0.1, 0.15) is 57.4 Å². The van der Waals surface area contributed by atoms with Gasteiger partial charge in [-0.3, -0.25) is 9.69 Å². The van der Waals surface area contributed by atoms with Gasteiger partial charge in [0.15, 0.2) is 5.79 Å². The number of esters is 1. The average Bonchev–Trinajstić information content (AvgIpc) is 3.43. The number of methoxy groups -OCH3 is 2. The van der Waals surface area contributed by atoms with E-state index in [0.29, 0.717) is 38.9 Å². The standard InChI is InChI=1S/C29H37F2N3O7/c1-18(2)21-7-5-6-8-23(21)34(28(36)32-22-13-14-24(37-3)33-26(22)41-27(30)31)20-11-9-19(10-12-20)29(17-25(35)38-4)39-15-16-40-29/h5-8,13-14,18-20,27H,9-12,15-17H2,1-4H3,(H,32,36). The highest BCUT2D eigenvalue weighted by molar-refractivity contribution is 6.03. The van der Waals surface area contributed by atoms with E-state index in [4.69, 9.17) is 18.9 Å². The second-order valence-electron chi connectivity index (χ2n) is 10.4. The van der Waals surface area contributed by atoms with Crippen LogP contribution < -0.4 is 19.7 Å². The molecule has 1 saturated heterocycles. The molecule has 4 rings (SSSR count). The van der Waals surface area contributed by atoms with Gasteiger partial charge in [-0.05, 0) is 49.3 Å². The van der Waals surface area contributed by atoms with Gasteiger partial charge in [-0.15, -0.1) is 0 Å². The molecule has 1 aromatic heterocycles. The fraction of sp³-hybridized carbons (Fsp3) is 0.552. The second-order valence-corrected chi connectivity index (χ2v) is 10.4. The number of alkyl halides is 2. The van der Waals surface area contributed by atoms with Crippen LogP contribution in [0.2, 0.25) is 0 Å². The van der Waals surface area contributed by atoms with Crippen molar-refractivity contribution in [3.05, 3.63) is 42.0 Å². The molecule has 1 saturated carbocycles. The van der Waals surface area contributed by atoms with Crippen LogP contribution in [-0.4, -0.2) is 62.9 Å². The van der Waals surface area contributed by atoms with E-state index in [1.807, 2.05) is 38.1 Å². The third-order valence-corrected chi connectivity index (χ3v) is 7.60. The number of hydrogen-bond acceptors (Lipinski definition) is 8. The molecule has 10 nitrogen and oxygen atoms in total. The topological polar surface area (TPSA) is 108 Å². The van der Waals surface area contributed by atoms with Gasteiger partial charge in [0.05, 0.1) is 33.9 Å². The third kappa shape index (κ3) is 7.05. The van der Waals surface area contributed by atoms with Gasteiger partial charge < -0.3 is 29.0 Å². The highest BCUT2D eigenvalue weighted by Crippen LogP contribution is 2.43. The predicted molar refractivity (Wildman–Crippen MR) is 146 cm³/mol. The monoisotopic (exact) mass is 577 g/mol. The zero-order valence-corrected chi connectivity index (χ0v) is 23.7. The summed E-state index contributed by atoms with van der Waals surface area (Å²) in [6.07, 6.45) is 2.47. The Labute approximate surface area is 238 Å². The van der Waals surface area contributed by atoms with E-state index in [9.17, 15) is 18.4 Å². The predicted octanol–water partition coefficient (Wildman–Crippen LogP) is 5.72. The van der Waals surface area contributed by atoms with Crippen LogP contribution in [0.25, 0.3) is 0 Å². The number of aromatic nitrogens is 1. The average molecular weight is 578 g/mol. The number of carbonyl (C=O) groups excluding carboxylic acids is 2. The molecule has 1 aliphatic heterocycles. The SMILES string of the molecule is COC(=O)CC1(C2CCC(N(C(=O)Nc3ccc(OC)nc3OC(F)F)c3ccccc3C(C)C)CC2)OCCO1. The van der Waals surface area contributed by atoms with Crippen LogP contribution in [0.4, 0.5) is 25.0 Å². The number of rotatable bonds is 10. The maximum absolute atomic E-state index is 14.0. The van der Waals surface area contributed by atoms with Crippen LogP contribution in [0.5, 0.6) is 11.8 Å². The summed E-state index contributed by atoms with van der Waals surface area (Å²) in [4.78, 5) is 31.8. The van der Waals surface area contributed by atoms with Crippen LogP contribution in [0, 0.1) is 5.92 Å². The Kier molecular flexibility index (Phi) is 9.98. The quantitative estimate of drug-likeness (QED) is 0.358. The molecule has 41 heavy (non-hydrogen) atoms. The normalized spacial score (nSPS) is 20.1. The minimum Gasteiger partial charge on any atom is -0.481 e. The molecule has 1 N–H and O–H groups in total. The molecule has 1 aromatic carbocycles. The van der Waals surface area contributed by atoms with Gasteiger partial charge in [-0.25, -0.2) is 4.79 Å². The van der Waals surface area contributed by atoms with E-state index in [-0.39, 0.29) is 35.9 Å². The molecule has 0 bridgehead atoms. The number of nitrogens with zero attached hydrogens (tertiary/aromatic N) is 2. The molecule has 2 heterocycles. The molecular formula is C29H37F2N3O7. The number of carbonyl (C=O) groups is 2. The maximum atomic E-state index is 14.0. The number of anilines is 2. The summed E-state index contributed by atoms with van der Waals surface area (Å²) in [6, 6.07) is 9.75. The minimum absolute atomic E-state index is 0.00337. The number of hydrogen-bond donors (Lipinski definition) is 1. The number of ether oxygens (including phenoxy) is 5. The van der Waals surface area contributed by atoms with E-state index in [2.05, 4.69) is 15.0 Å².